The van der Waals surface area contributed by atoms with E-state index in [4.69, 9.17) is 9.15 Å². The first-order chi connectivity index (χ1) is 12.7. The number of ether oxygens (including phenoxy) is 1. The number of oxazole rings is 1. The molecule has 2 aliphatic rings. The Morgan fingerprint density at radius 2 is 2.19 bits per heavy atom. The average Bonchev–Trinajstić information content (AvgIpc) is 3.39. The zero-order valence-corrected chi connectivity index (χ0v) is 16.0. The zero-order chi connectivity index (χ0) is 17.9. The Kier molecular flexibility index (Phi) is 5.38. The van der Waals surface area contributed by atoms with Crippen molar-refractivity contribution in [1.29, 1.82) is 0 Å². The number of thiophene rings is 1. The Hall–Kier alpha value is -1.70. The first-order valence-electron chi connectivity index (χ1n) is 9.31. The van der Waals surface area contributed by atoms with Gasteiger partial charge in [0.1, 0.15) is 5.76 Å². The van der Waals surface area contributed by atoms with E-state index >= 15 is 0 Å². The first kappa shape index (κ1) is 17.7. The number of hydrogen-bond acceptors (Lipinski definition) is 6. The van der Waals surface area contributed by atoms with E-state index in [1.54, 1.807) is 11.3 Å². The smallest absolute Gasteiger partial charge is 0.236 e. The molecule has 0 radical (unpaired) electrons. The summed E-state index contributed by atoms with van der Waals surface area (Å²) in [4.78, 5) is 22.6. The normalized spacial score (nSPS) is 21.4. The van der Waals surface area contributed by atoms with Crippen LogP contribution in [0.15, 0.2) is 21.9 Å². The number of carbonyl (C=O) groups excluding carboxylic acids is 1. The minimum absolute atomic E-state index is 0.135. The van der Waals surface area contributed by atoms with Crippen LogP contribution in [0.3, 0.4) is 0 Å². The van der Waals surface area contributed by atoms with Gasteiger partial charge in [0.25, 0.3) is 0 Å². The molecule has 0 spiro atoms. The van der Waals surface area contributed by atoms with Gasteiger partial charge in [-0.2, -0.15) is 0 Å². The summed E-state index contributed by atoms with van der Waals surface area (Å²) in [6.07, 6.45) is 3.03. The van der Waals surface area contributed by atoms with Crippen molar-refractivity contribution in [2.24, 2.45) is 0 Å². The maximum absolute atomic E-state index is 12.7. The van der Waals surface area contributed by atoms with Crippen molar-refractivity contribution in [3.05, 3.63) is 29.0 Å². The fraction of sp³-hybridized carbons (Fsp3) is 0.579. The molecule has 2 aromatic rings. The summed E-state index contributed by atoms with van der Waals surface area (Å²) < 4.78 is 11.5. The van der Waals surface area contributed by atoms with Crippen LogP contribution in [0.2, 0.25) is 0 Å². The molecule has 4 rings (SSSR count). The third kappa shape index (κ3) is 4.00. The fourth-order valence-corrected chi connectivity index (χ4v) is 4.26. The Labute approximate surface area is 157 Å². The standard InChI is InChI=1S/C19H25N3O3S/c1-14-16(20-19(25-14)17-5-3-11-26-17)12-18(23)22-8-6-21(7-9-22)13-15-4-2-10-24-15/h3,5,11,15H,2,4,6-10,12-13H2,1H3. The van der Waals surface area contributed by atoms with Crippen LogP contribution in [0.4, 0.5) is 0 Å². The summed E-state index contributed by atoms with van der Waals surface area (Å²) in [5.74, 6) is 1.48. The Balaban J connectivity index is 1.30. The van der Waals surface area contributed by atoms with Crippen molar-refractivity contribution in [1.82, 2.24) is 14.8 Å². The Bertz CT molecular complexity index is 729. The highest BCUT2D eigenvalue weighted by Gasteiger charge is 2.26. The minimum atomic E-state index is 0.135. The molecule has 1 atom stereocenters. The van der Waals surface area contributed by atoms with E-state index < -0.39 is 0 Å². The van der Waals surface area contributed by atoms with Crippen molar-refractivity contribution >= 4 is 17.2 Å². The topological polar surface area (TPSA) is 58.8 Å². The fourth-order valence-electron chi connectivity index (χ4n) is 3.61. The monoisotopic (exact) mass is 375 g/mol. The van der Waals surface area contributed by atoms with Gasteiger partial charge in [-0.3, -0.25) is 9.69 Å². The summed E-state index contributed by atoms with van der Waals surface area (Å²) in [6, 6.07) is 3.95. The summed E-state index contributed by atoms with van der Waals surface area (Å²) in [5, 5.41) is 2.00. The number of hydrogen-bond donors (Lipinski definition) is 0. The molecular formula is C19H25N3O3S. The highest BCUT2D eigenvalue weighted by molar-refractivity contribution is 7.13. The van der Waals surface area contributed by atoms with Crippen LogP contribution in [0.1, 0.15) is 24.3 Å². The van der Waals surface area contributed by atoms with E-state index in [-0.39, 0.29) is 5.91 Å². The van der Waals surface area contributed by atoms with Gasteiger partial charge in [-0.15, -0.1) is 11.3 Å². The molecule has 0 N–H and O–H groups in total. The second-order valence-corrected chi connectivity index (χ2v) is 7.94. The Morgan fingerprint density at radius 1 is 1.35 bits per heavy atom. The lowest BCUT2D eigenvalue weighted by Crippen LogP contribution is -2.50. The molecule has 6 nitrogen and oxygen atoms in total. The maximum Gasteiger partial charge on any atom is 0.236 e. The molecule has 140 valence electrons. The van der Waals surface area contributed by atoms with E-state index in [1.165, 1.54) is 6.42 Å². The molecule has 0 aromatic carbocycles. The molecule has 0 saturated carbocycles. The summed E-state index contributed by atoms with van der Waals surface area (Å²) in [6.45, 7) is 7.17. The maximum atomic E-state index is 12.7. The quantitative estimate of drug-likeness (QED) is 0.804. The van der Waals surface area contributed by atoms with E-state index in [9.17, 15) is 4.79 Å². The zero-order valence-electron chi connectivity index (χ0n) is 15.1. The van der Waals surface area contributed by atoms with Crippen molar-refractivity contribution < 1.29 is 13.9 Å². The number of piperazine rings is 1. The molecule has 2 fully saturated rings. The lowest BCUT2D eigenvalue weighted by Gasteiger charge is -2.35. The minimum Gasteiger partial charge on any atom is -0.440 e. The second-order valence-electron chi connectivity index (χ2n) is 6.99. The number of nitrogens with zero attached hydrogens (tertiary/aromatic N) is 3. The number of amides is 1. The molecule has 1 unspecified atom stereocenters. The van der Waals surface area contributed by atoms with Crippen molar-refractivity contribution in [2.75, 3.05) is 39.3 Å². The van der Waals surface area contributed by atoms with E-state index in [0.29, 0.717) is 18.4 Å². The van der Waals surface area contributed by atoms with Crippen molar-refractivity contribution in [2.45, 2.75) is 32.3 Å². The van der Waals surface area contributed by atoms with Crippen LogP contribution in [-0.4, -0.2) is 66.1 Å². The van der Waals surface area contributed by atoms with Gasteiger partial charge in [0.05, 0.1) is 23.1 Å². The van der Waals surface area contributed by atoms with Crippen LogP contribution in [0, 0.1) is 6.92 Å². The third-order valence-electron chi connectivity index (χ3n) is 5.15. The van der Waals surface area contributed by atoms with Crippen LogP contribution >= 0.6 is 11.3 Å². The molecule has 26 heavy (non-hydrogen) atoms. The van der Waals surface area contributed by atoms with Gasteiger partial charge in [0, 0.05) is 39.3 Å². The average molecular weight is 375 g/mol. The van der Waals surface area contributed by atoms with Gasteiger partial charge in [-0.05, 0) is 31.2 Å². The third-order valence-corrected chi connectivity index (χ3v) is 6.01. The van der Waals surface area contributed by atoms with E-state index in [0.717, 1.165) is 62.1 Å². The van der Waals surface area contributed by atoms with Crippen molar-refractivity contribution in [3.8, 4) is 10.8 Å². The van der Waals surface area contributed by atoms with Crippen LogP contribution in [-0.2, 0) is 16.0 Å². The Morgan fingerprint density at radius 3 is 2.88 bits per heavy atom. The van der Waals surface area contributed by atoms with Crippen LogP contribution in [0.25, 0.3) is 10.8 Å². The predicted molar refractivity (Wildman–Crippen MR) is 100 cm³/mol. The first-order valence-corrected chi connectivity index (χ1v) is 10.2. The molecule has 7 heteroatoms. The van der Waals surface area contributed by atoms with Gasteiger partial charge in [-0.25, -0.2) is 4.98 Å². The molecular weight excluding hydrogens is 350 g/mol. The highest BCUT2D eigenvalue weighted by atomic mass is 32.1. The number of rotatable bonds is 5. The van der Waals surface area contributed by atoms with Crippen LogP contribution in [0.5, 0.6) is 0 Å². The lowest BCUT2D eigenvalue weighted by molar-refractivity contribution is -0.132. The SMILES string of the molecule is Cc1oc(-c2cccs2)nc1CC(=O)N1CCN(CC2CCCO2)CC1. The predicted octanol–water partition coefficient (Wildman–Crippen LogP) is 2.58. The molecule has 2 saturated heterocycles. The summed E-state index contributed by atoms with van der Waals surface area (Å²) in [7, 11) is 0. The number of aryl methyl sites for hydroxylation is 1. The van der Waals surface area contributed by atoms with E-state index in [2.05, 4.69) is 9.88 Å². The second kappa shape index (κ2) is 7.90. The van der Waals surface area contributed by atoms with Gasteiger partial charge < -0.3 is 14.1 Å². The molecule has 0 aliphatic carbocycles. The van der Waals surface area contributed by atoms with Gasteiger partial charge in [0.2, 0.25) is 11.8 Å². The van der Waals surface area contributed by atoms with E-state index in [1.807, 2.05) is 29.3 Å². The highest BCUT2D eigenvalue weighted by Crippen LogP contribution is 2.26. The van der Waals surface area contributed by atoms with Gasteiger partial charge in [0.15, 0.2) is 0 Å². The summed E-state index contributed by atoms with van der Waals surface area (Å²) in [5.41, 5.74) is 0.750. The lowest BCUT2D eigenvalue weighted by atomic mass is 10.2. The molecule has 2 aliphatic heterocycles. The number of aromatic nitrogens is 1. The largest absolute Gasteiger partial charge is 0.440 e. The van der Waals surface area contributed by atoms with Crippen LogP contribution < -0.4 is 0 Å². The molecule has 1 amide bonds. The molecule has 4 heterocycles. The van der Waals surface area contributed by atoms with Gasteiger partial charge >= 0.3 is 0 Å². The number of carbonyl (C=O) groups is 1. The van der Waals surface area contributed by atoms with Gasteiger partial charge in [-0.1, -0.05) is 6.07 Å². The molecule has 0 bridgehead atoms. The summed E-state index contributed by atoms with van der Waals surface area (Å²) >= 11 is 1.59. The molecule has 2 aromatic heterocycles. The van der Waals surface area contributed by atoms with Crippen molar-refractivity contribution in [3.63, 3.8) is 0 Å².